The number of hydrogen-bond donors (Lipinski definition) is 2. The van der Waals surface area contributed by atoms with Crippen LogP contribution in [0.4, 0.5) is 5.69 Å². The van der Waals surface area contributed by atoms with E-state index in [1.807, 2.05) is 61.5 Å². The summed E-state index contributed by atoms with van der Waals surface area (Å²) in [5.74, 6) is -0.290. The highest BCUT2D eigenvalue weighted by molar-refractivity contribution is 7.80. The SMILES string of the molecule is Cc1ccc(-c2cc3ccccc3oc2=O)cc1NC(=S)NC(=O)c1ccc(C(C)(C)C)cc1. The number of benzene rings is 3. The second-order valence-corrected chi connectivity index (χ2v) is 9.66. The molecule has 0 radical (unpaired) electrons. The van der Waals surface area contributed by atoms with Crippen molar-refractivity contribution in [1.82, 2.24) is 5.32 Å². The predicted molar refractivity (Wildman–Crippen MR) is 141 cm³/mol. The Morgan fingerprint density at radius 1 is 0.941 bits per heavy atom. The molecule has 0 aliphatic carbocycles. The van der Waals surface area contributed by atoms with Crippen LogP contribution in [-0.4, -0.2) is 11.0 Å². The Bertz CT molecular complexity index is 1450. The fraction of sp³-hybridized carbons (Fsp3) is 0.179. The van der Waals surface area contributed by atoms with Gasteiger partial charge in [-0.2, -0.15) is 0 Å². The van der Waals surface area contributed by atoms with Crippen molar-refractivity contribution in [3.63, 3.8) is 0 Å². The van der Waals surface area contributed by atoms with Crippen molar-refractivity contribution in [2.24, 2.45) is 0 Å². The number of aryl methyl sites for hydroxylation is 1. The molecule has 0 aliphatic rings. The van der Waals surface area contributed by atoms with Crippen molar-refractivity contribution in [1.29, 1.82) is 0 Å². The minimum atomic E-state index is -0.414. The number of rotatable bonds is 3. The number of para-hydroxylation sites is 1. The maximum Gasteiger partial charge on any atom is 0.344 e. The summed E-state index contributed by atoms with van der Waals surface area (Å²) in [5, 5.41) is 6.82. The molecular weight excluding hydrogens is 444 g/mol. The Hall–Kier alpha value is -3.77. The molecule has 0 unspecified atom stereocenters. The first kappa shape index (κ1) is 23.4. The zero-order valence-electron chi connectivity index (χ0n) is 19.6. The second-order valence-electron chi connectivity index (χ2n) is 9.25. The Balaban J connectivity index is 1.53. The third-order valence-electron chi connectivity index (χ3n) is 5.68. The van der Waals surface area contributed by atoms with E-state index in [4.69, 9.17) is 16.6 Å². The van der Waals surface area contributed by atoms with E-state index >= 15 is 0 Å². The lowest BCUT2D eigenvalue weighted by molar-refractivity contribution is 0.0977. The van der Waals surface area contributed by atoms with Crippen LogP contribution in [0.1, 0.15) is 42.3 Å². The minimum absolute atomic E-state index is 0.0106. The van der Waals surface area contributed by atoms with E-state index in [1.54, 1.807) is 18.2 Å². The molecule has 0 saturated heterocycles. The number of carbonyl (C=O) groups excluding carboxylic acids is 1. The molecule has 6 heteroatoms. The van der Waals surface area contributed by atoms with Gasteiger partial charge in [0.1, 0.15) is 5.58 Å². The van der Waals surface area contributed by atoms with Gasteiger partial charge in [0.2, 0.25) is 0 Å². The molecule has 4 aromatic rings. The smallest absolute Gasteiger partial charge is 0.344 e. The molecule has 4 rings (SSSR count). The van der Waals surface area contributed by atoms with Gasteiger partial charge in [0.15, 0.2) is 5.11 Å². The molecule has 172 valence electrons. The standard InChI is InChI=1S/C28H26N2O3S/c1-17-9-10-19(22-15-20-7-5-6-8-24(20)33-26(22)32)16-23(17)29-27(34)30-25(31)18-11-13-21(14-12-18)28(2,3)4/h5-16H,1-4H3,(H2,29,30,31,34). The van der Waals surface area contributed by atoms with Crippen LogP contribution in [0, 0.1) is 6.92 Å². The summed E-state index contributed by atoms with van der Waals surface area (Å²) < 4.78 is 5.47. The summed E-state index contributed by atoms with van der Waals surface area (Å²) in [7, 11) is 0. The second kappa shape index (κ2) is 9.23. The molecular formula is C28H26N2O3S. The van der Waals surface area contributed by atoms with E-state index in [-0.39, 0.29) is 16.4 Å². The van der Waals surface area contributed by atoms with Crippen molar-refractivity contribution in [3.8, 4) is 11.1 Å². The third-order valence-corrected chi connectivity index (χ3v) is 5.88. The molecule has 2 N–H and O–H groups in total. The van der Waals surface area contributed by atoms with E-state index < -0.39 is 5.63 Å². The molecule has 1 amide bonds. The van der Waals surface area contributed by atoms with Crippen LogP contribution in [0.3, 0.4) is 0 Å². The van der Waals surface area contributed by atoms with Crippen LogP contribution in [0.15, 0.2) is 82.0 Å². The van der Waals surface area contributed by atoms with E-state index in [9.17, 15) is 9.59 Å². The van der Waals surface area contributed by atoms with E-state index in [2.05, 4.69) is 31.4 Å². The lowest BCUT2D eigenvalue weighted by atomic mass is 9.87. The van der Waals surface area contributed by atoms with Gasteiger partial charge >= 0.3 is 5.63 Å². The Morgan fingerprint density at radius 3 is 2.35 bits per heavy atom. The largest absolute Gasteiger partial charge is 0.422 e. The Morgan fingerprint density at radius 2 is 1.65 bits per heavy atom. The number of anilines is 1. The first-order chi connectivity index (χ1) is 16.1. The quantitative estimate of drug-likeness (QED) is 0.276. The molecule has 1 aromatic heterocycles. The highest BCUT2D eigenvalue weighted by atomic mass is 32.1. The average Bonchev–Trinajstić information content (AvgIpc) is 2.79. The average molecular weight is 471 g/mol. The van der Waals surface area contributed by atoms with Gasteiger partial charge in [-0.25, -0.2) is 4.79 Å². The Kier molecular flexibility index (Phi) is 6.35. The maximum absolute atomic E-state index is 12.7. The van der Waals surface area contributed by atoms with Crippen molar-refractivity contribution in [2.75, 3.05) is 5.32 Å². The fourth-order valence-electron chi connectivity index (χ4n) is 3.64. The van der Waals surface area contributed by atoms with Gasteiger partial charge < -0.3 is 9.73 Å². The number of hydrogen-bond acceptors (Lipinski definition) is 4. The van der Waals surface area contributed by atoms with E-state index in [0.29, 0.717) is 28.0 Å². The van der Waals surface area contributed by atoms with Gasteiger partial charge in [-0.15, -0.1) is 0 Å². The molecule has 1 heterocycles. The van der Waals surface area contributed by atoms with Crippen LogP contribution in [-0.2, 0) is 5.41 Å². The monoisotopic (exact) mass is 470 g/mol. The topological polar surface area (TPSA) is 71.3 Å². The lowest BCUT2D eigenvalue weighted by Gasteiger charge is -2.19. The van der Waals surface area contributed by atoms with E-state index in [0.717, 1.165) is 16.5 Å². The molecule has 0 fully saturated rings. The van der Waals surface area contributed by atoms with Crippen LogP contribution < -0.4 is 16.3 Å². The van der Waals surface area contributed by atoms with Crippen molar-refractivity contribution < 1.29 is 9.21 Å². The summed E-state index contributed by atoms with van der Waals surface area (Å²) >= 11 is 5.38. The summed E-state index contributed by atoms with van der Waals surface area (Å²) in [4.78, 5) is 25.2. The zero-order chi connectivity index (χ0) is 24.5. The number of fused-ring (bicyclic) bond motifs is 1. The fourth-order valence-corrected chi connectivity index (χ4v) is 3.84. The van der Waals surface area contributed by atoms with Gasteiger partial charge in [0, 0.05) is 16.6 Å². The zero-order valence-corrected chi connectivity index (χ0v) is 20.4. The Labute approximate surface area is 203 Å². The molecule has 0 bridgehead atoms. The summed E-state index contributed by atoms with van der Waals surface area (Å²) in [5.41, 5.74) is 4.57. The van der Waals surface area contributed by atoms with Crippen LogP contribution in [0.2, 0.25) is 0 Å². The number of carbonyl (C=O) groups is 1. The van der Waals surface area contributed by atoms with Crippen molar-refractivity contribution >= 4 is 39.9 Å². The molecule has 3 aromatic carbocycles. The first-order valence-corrected chi connectivity index (χ1v) is 11.4. The van der Waals surface area contributed by atoms with Crippen molar-refractivity contribution in [2.45, 2.75) is 33.1 Å². The maximum atomic E-state index is 12.7. The highest BCUT2D eigenvalue weighted by Crippen LogP contribution is 2.26. The van der Waals surface area contributed by atoms with Crippen LogP contribution in [0.25, 0.3) is 22.1 Å². The van der Waals surface area contributed by atoms with Crippen molar-refractivity contribution in [3.05, 3.63) is 99.9 Å². The van der Waals surface area contributed by atoms with Gasteiger partial charge in [-0.3, -0.25) is 10.1 Å². The molecule has 0 spiro atoms. The van der Waals surface area contributed by atoms with Gasteiger partial charge in [-0.05, 0) is 71.6 Å². The van der Waals surface area contributed by atoms with Gasteiger partial charge in [0.25, 0.3) is 5.91 Å². The normalized spacial score (nSPS) is 11.3. The molecule has 0 atom stereocenters. The molecule has 5 nitrogen and oxygen atoms in total. The summed E-state index contributed by atoms with van der Waals surface area (Å²) in [6.45, 7) is 8.29. The lowest BCUT2D eigenvalue weighted by Crippen LogP contribution is -2.34. The predicted octanol–water partition coefficient (Wildman–Crippen LogP) is 6.19. The molecule has 34 heavy (non-hydrogen) atoms. The molecule has 0 aliphatic heterocycles. The number of thiocarbonyl (C=S) groups is 1. The van der Waals surface area contributed by atoms with Gasteiger partial charge in [0.05, 0.1) is 5.56 Å². The first-order valence-electron chi connectivity index (χ1n) is 11.0. The van der Waals surface area contributed by atoms with Crippen LogP contribution >= 0.6 is 12.2 Å². The summed E-state index contributed by atoms with van der Waals surface area (Å²) in [6, 6.07) is 22.3. The summed E-state index contributed by atoms with van der Waals surface area (Å²) in [6.07, 6.45) is 0. The van der Waals surface area contributed by atoms with Crippen LogP contribution in [0.5, 0.6) is 0 Å². The number of amides is 1. The van der Waals surface area contributed by atoms with E-state index in [1.165, 1.54) is 0 Å². The number of nitrogens with one attached hydrogen (secondary N) is 2. The third kappa shape index (κ3) is 5.07. The minimum Gasteiger partial charge on any atom is -0.422 e. The highest BCUT2D eigenvalue weighted by Gasteiger charge is 2.15. The van der Waals surface area contributed by atoms with Gasteiger partial charge in [-0.1, -0.05) is 63.2 Å². The molecule has 0 saturated carbocycles.